The van der Waals surface area contributed by atoms with Crippen molar-refractivity contribution in [1.82, 2.24) is 10.3 Å². The highest BCUT2D eigenvalue weighted by Crippen LogP contribution is 2.25. The topological polar surface area (TPSA) is 54.5 Å². The largest absolute Gasteiger partial charge is 0.379 e. The summed E-state index contributed by atoms with van der Waals surface area (Å²) in [5.41, 5.74) is 0.620. The normalized spacial score (nSPS) is 23.2. The monoisotopic (exact) mass is 263 g/mol. The fourth-order valence-corrected chi connectivity index (χ4v) is 2.49. The van der Waals surface area contributed by atoms with Crippen LogP contribution in [0.5, 0.6) is 0 Å². The Morgan fingerprint density at radius 1 is 1.58 bits per heavy atom. The summed E-state index contributed by atoms with van der Waals surface area (Å²) in [5.74, 6) is 1.18. The van der Waals surface area contributed by atoms with Crippen LogP contribution in [0.15, 0.2) is 18.3 Å². The molecule has 2 rings (SSSR count). The van der Waals surface area contributed by atoms with E-state index in [-0.39, 0.29) is 12.0 Å². The molecular weight excluding hydrogens is 242 g/mol. The Labute approximate surface area is 114 Å². The zero-order chi connectivity index (χ0) is 13.8. The molecule has 0 aliphatic carbocycles. The predicted octanol–water partition coefficient (Wildman–Crippen LogP) is 1.30. The number of nitrogens with one attached hydrogen (secondary N) is 1. The van der Waals surface area contributed by atoms with Gasteiger partial charge in [0.05, 0.1) is 11.7 Å². The molecule has 0 spiro atoms. The highest BCUT2D eigenvalue weighted by molar-refractivity contribution is 5.98. The third kappa shape index (κ3) is 2.87. The van der Waals surface area contributed by atoms with Gasteiger partial charge in [-0.1, -0.05) is 6.92 Å². The summed E-state index contributed by atoms with van der Waals surface area (Å²) in [6.07, 6.45) is 2.96. The van der Waals surface area contributed by atoms with E-state index in [1.54, 1.807) is 32.5 Å². The van der Waals surface area contributed by atoms with Crippen LogP contribution >= 0.6 is 0 Å². The molecule has 1 aliphatic heterocycles. The molecule has 2 heterocycles. The lowest BCUT2D eigenvalue weighted by molar-refractivity contribution is 0.0495. The molecule has 5 nitrogen and oxygen atoms in total. The maximum atomic E-state index is 11.9. The van der Waals surface area contributed by atoms with Gasteiger partial charge in [-0.3, -0.25) is 4.79 Å². The van der Waals surface area contributed by atoms with Crippen molar-refractivity contribution in [2.45, 2.75) is 19.4 Å². The molecule has 0 saturated carbocycles. The SMILES string of the molecule is CNC(=O)c1cccnc1N1CCC(C)C(OC)C1. The molecule has 0 aromatic carbocycles. The molecule has 1 fully saturated rings. The number of hydrogen-bond acceptors (Lipinski definition) is 4. The van der Waals surface area contributed by atoms with E-state index >= 15 is 0 Å². The Kier molecular flexibility index (Phi) is 4.37. The number of carbonyl (C=O) groups is 1. The maximum absolute atomic E-state index is 11.9. The van der Waals surface area contributed by atoms with Gasteiger partial charge in [0.1, 0.15) is 5.82 Å². The Morgan fingerprint density at radius 2 is 2.37 bits per heavy atom. The number of aromatic nitrogens is 1. The lowest BCUT2D eigenvalue weighted by Crippen LogP contribution is -2.45. The van der Waals surface area contributed by atoms with E-state index in [0.717, 1.165) is 25.3 Å². The van der Waals surface area contributed by atoms with E-state index in [4.69, 9.17) is 4.74 Å². The van der Waals surface area contributed by atoms with Crippen molar-refractivity contribution < 1.29 is 9.53 Å². The van der Waals surface area contributed by atoms with Crippen LogP contribution in [0.2, 0.25) is 0 Å². The van der Waals surface area contributed by atoms with Crippen LogP contribution in [0.4, 0.5) is 5.82 Å². The molecule has 0 bridgehead atoms. The van der Waals surface area contributed by atoms with Crippen LogP contribution in [0.25, 0.3) is 0 Å². The summed E-state index contributed by atoms with van der Waals surface area (Å²) < 4.78 is 5.51. The van der Waals surface area contributed by atoms with E-state index in [9.17, 15) is 4.79 Å². The molecule has 1 amide bonds. The summed E-state index contributed by atoms with van der Waals surface area (Å²) in [5, 5.41) is 2.66. The summed E-state index contributed by atoms with van der Waals surface area (Å²) in [7, 11) is 3.37. The highest BCUT2D eigenvalue weighted by Gasteiger charge is 2.28. The minimum Gasteiger partial charge on any atom is -0.379 e. The number of hydrogen-bond donors (Lipinski definition) is 1. The first-order valence-corrected chi connectivity index (χ1v) is 6.62. The lowest BCUT2D eigenvalue weighted by atomic mass is 9.95. The van der Waals surface area contributed by atoms with Crippen LogP contribution in [0.1, 0.15) is 23.7 Å². The Bertz CT molecular complexity index is 450. The van der Waals surface area contributed by atoms with Gasteiger partial charge in [-0.25, -0.2) is 4.98 Å². The zero-order valence-electron chi connectivity index (χ0n) is 11.7. The summed E-state index contributed by atoms with van der Waals surface area (Å²) >= 11 is 0. The third-order valence-electron chi connectivity index (χ3n) is 3.75. The molecule has 2 atom stereocenters. The van der Waals surface area contributed by atoms with Crippen LogP contribution in [0.3, 0.4) is 0 Å². The quantitative estimate of drug-likeness (QED) is 0.893. The van der Waals surface area contributed by atoms with Gasteiger partial charge in [0.2, 0.25) is 0 Å². The molecule has 2 unspecified atom stereocenters. The predicted molar refractivity (Wildman–Crippen MR) is 74.4 cm³/mol. The van der Waals surface area contributed by atoms with Crippen LogP contribution in [-0.4, -0.2) is 44.2 Å². The number of methoxy groups -OCH3 is 1. The van der Waals surface area contributed by atoms with E-state index < -0.39 is 0 Å². The molecule has 1 aromatic rings. The zero-order valence-corrected chi connectivity index (χ0v) is 11.7. The number of nitrogens with zero attached hydrogens (tertiary/aromatic N) is 2. The van der Waals surface area contributed by atoms with Crippen molar-refractivity contribution in [2.24, 2.45) is 5.92 Å². The molecule has 1 saturated heterocycles. The number of piperidine rings is 1. The highest BCUT2D eigenvalue weighted by atomic mass is 16.5. The molecule has 5 heteroatoms. The van der Waals surface area contributed by atoms with Gasteiger partial charge in [-0.15, -0.1) is 0 Å². The number of ether oxygens (including phenoxy) is 1. The first kappa shape index (κ1) is 13.8. The van der Waals surface area contributed by atoms with Crippen LogP contribution in [-0.2, 0) is 4.74 Å². The van der Waals surface area contributed by atoms with Crippen molar-refractivity contribution >= 4 is 11.7 Å². The van der Waals surface area contributed by atoms with E-state index in [0.29, 0.717) is 11.5 Å². The fourth-order valence-electron chi connectivity index (χ4n) is 2.49. The average Bonchev–Trinajstić information content (AvgIpc) is 2.47. The van der Waals surface area contributed by atoms with Gasteiger partial charge in [0.15, 0.2) is 0 Å². The van der Waals surface area contributed by atoms with E-state index in [1.807, 2.05) is 0 Å². The van der Waals surface area contributed by atoms with Gasteiger partial charge < -0.3 is 15.0 Å². The second-order valence-electron chi connectivity index (χ2n) is 4.94. The van der Waals surface area contributed by atoms with Gasteiger partial charge in [-0.05, 0) is 24.5 Å². The Hall–Kier alpha value is -1.62. The molecular formula is C14H21N3O2. The number of pyridine rings is 1. The first-order valence-electron chi connectivity index (χ1n) is 6.62. The Balaban J connectivity index is 2.24. The minimum atomic E-state index is -0.101. The molecule has 19 heavy (non-hydrogen) atoms. The maximum Gasteiger partial charge on any atom is 0.254 e. The van der Waals surface area contributed by atoms with E-state index in [1.165, 1.54) is 0 Å². The molecule has 0 radical (unpaired) electrons. The van der Waals surface area contributed by atoms with Gasteiger partial charge >= 0.3 is 0 Å². The van der Waals surface area contributed by atoms with Gasteiger partial charge in [0, 0.05) is 33.4 Å². The van der Waals surface area contributed by atoms with Crippen LogP contribution < -0.4 is 10.2 Å². The second kappa shape index (κ2) is 6.02. The number of rotatable bonds is 3. The molecule has 104 valence electrons. The van der Waals surface area contributed by atoms with E-state index in [2.05, 4.69) is 22.1 Å². The molecule has 1 aliphatic rings. The fraction of sp³-hybridized carbons (Fsp3) is 0.571. The third-order valence-corrected chi connectivity index (χ3v) is 3.75. The van der Waals surface area contributed by atoms with Crippen molar-refractivity contribution in [3.8, 4) is 0 Å². The van der Waals surface area contributed by atoms with Gasteiger partial charge in [-0.2, -0.15) is 0 Å². The van der Waals surface area contributed by atoms with Crippen molar-refractivity contribution in [2.75, 3.05) is 32.1 Å². The molecule has 1 N–H and O–H groups in total. The van der Waals surface area contributed by atoms with Crippen LogP contribution in [0, 0.1) is 5.92 Å². The summed E-state index contributed by atoms with van der Waals surface area (Å²) in [6.45, 7) is 3.88. The van der Waals surface area contributed by atoms with Gasteiger partial charge in [0.25, 0.3) is 5.91 Å². The van der Waals surface area contributed by atoms with Crippen molar-refractivity contribution in [3.05, 3.63) is 23.9 Å². The number of anilines is 1. The lowest BCUT2D eigenvalue weighted by Gasteiger charge is -2.37. The number of amides is 1. The standard InChI is InChI=1S/C14H21N3O2/c1-10-6-8-17(9-12(10)19-3)13-11(14(18)15-2)5-4-7-16-13/h4-5,7,10,12H,6,8-9H2,1-3H3,(H,15,18). The first-order chi connectivity index (χ1) is 9.17. The minimum absolute atomic E-state index is 0.101. The average molecular weight is 263 g/mol. The van der Waals surface area contributed by atoms with Crippen molar-refractivity contribution in [3.63, 3.8) is 0 Å². The Morgan fingerprint density at radius 3 is 3.05 bits per heavy atom. The second-order valence-corrected chi connectivity index (χ2v) is 4.94. The summed E-state index contributed by atoms with van der Waals surface area (Å²) in [4.78, 5) is 18.4. The van der Waals surface area contributed by atoms with Crippen molar-refractivity contribution in [1.29, 1.82) is 0 Å². The number of carbonyl (C=O) groups excluding carboxylic acids is 1. The molecule has 1 aromatic heterocycles. The summed E-state index contributed by atoms with van der Waals surface area (Å²) in [6, 6.07) is 3.59. The smallest absolute Gasteiger partial charge is 0.254 e.